The first-order chi connectivity index (χ1) is 10.2. The Morgan fingerprint density at radius 2 is 1.71 bits per heavy atom. The van der Waals surface area contributed by atoms with Gasteiger partial charge in [0.25, 0.3) is 0 Å². The number of aryl methyl sites for hydroxylation is 2. The minimum atomic E-state index is 0.510. The summed E-state index contributed by atoms with van der Waals surface area (Å²) in [4.78, 5) is 0. The van der Waals surface area contributed by atoms with E-state index in [9.17, 15) is 0 Å². The SMILES string of the molecule is Cc1cc(C)cc(COc2ccc(-c3nnco3)cc2)c1. The van der Waals surface area contributed by atoms with Crippen LogP contribution in [0, 0.1) is 13.8 Å². The molecule has 4 nitrogen and oxygen atoms in total. The molecular formula is C17H16N2O2. The second kappa shape index (κ2) is 5.79. The van der Waals surface area contributed by atoms with Crippen LogP contribution in [0.1, 0.15) is 16.7 Å². The summed E-state index contributed by atoms with van der Waals surface area (Å²) in [6.07, 6.45) is 1.32. The minimum Gasteiger partial charge on any atom is -0.489 e. The topological polar surface area (TPSA) is 48.2 Å². The van der Waals surface area contributed by atoms with Crippen LogP contribution in [0.15, 0.2) is 53.3 Å². The van der Waals surface area contributed by atoms with Crippen molar-refractivity contribution >= 4 is 0 Å². The molecule has 0 aliphatic rings. The molecule has 1 heterocycles. The van der Waals surface area contributed by atoms with Crippen molar-refractivity contribution in [1.82, 2.24) is 10.2 Å². The highest BCUT2D eigenvalue weighted by atomic mass is 16.5. The van der Waals surface area contributed by atoms with Gasteiger partial charge in [-0.2, -0.15) is 0 Å². The standard InChI is InChI=1S/C17H16N2O2/c1-12-7-13(2)9-14(8-12)10-20-16-5-3-15(4-6-16)17-19-18-11-21-17/h3-9,11H,10H2,1-2H3. The molecule has 1 aromatic heterocycles. The van der Waals surface area contributed by atoms with Crippen LogP contribution in [-0.4, -0.2) is 10.2 Å². The van der Waals surface area contributed by atoms with E-state index in [2.05, 4.69) is 42.2 Å². The van der Waals surface area contributed by atoms with Gasteiger partial charge in [0.05, 0.1) is 0 Å². The Kier molecular flexibility index (Phi) is 3.69. The fourth-order valence-electron chi connectivity index (χ4n) is 2.31. The Balaban J connectivity index is 1.68. The van der Waals surface area contributed by atoms with E-state index < -0.39 is 0 Å². The molecular weight excluding hydrogens is 264 g/mol. The third-order valence-electron chi connectivity index (χ3n) is 3.15. The Bertz CT molecular complexity index is 699. The van der Waals surface area contributed by atoms with Gasteiger partial charge in [-0.25, -0.2) is 0 Å². The van der Waals surface area contributed by atoms with Crippen LogP contribution >= 0.6 is 0 Å². The summed E-state index contributed by atoms with van der Waals surface area (Å²) in [6.45, 7) is 4.74. The van der Waals surface area contributed by atoms with Gasteiger partial charge in [0, 0.05) is 5.56 Å². The third kappa shape index (κ3) is 3.28. The van der Waals surface area contributed by atoms with Gasteiger partial charge in [0.2, 0.25) is 12.3 Å². The molecule has 4 heteroatoms. The highest BCUT2D eigenvalue weighted by Gasteiger charge is 2.04. The molecule has 0 bridgehead atoms. The zero-order valence-corrected chi connectivity index (χ0v) is 12.0. The monoisotopic (exact) mass is 280 g/mol. The van der Waals surface area contributed by atoms with Crippen molar-refractivity contribution in [1.29, 1.82) is 0 Å². The van der Waals surface area contributed by atoms with Crippen LogP contribution in [0.5, 0.6) is 5.75 Å². The first-order valence-electron chi connectivity index (χ1n) is 6.77. The second-order valence-electron chi connectivity index (χ2n) is 5.05. The maximum Gasteiger partial charge on any atom is 0.247 e. The number of hydrogen-bond donors (Lipinski definition) is 0. The van der Waals surface area contributed by atoms with Crippen LogP contribution in [-0.2, 0) is 6.61 Å². The summed E-state index contributed by atoms with van der Waals surface area (Å²) in [7, 11) is 0. The Morgan fingerprint density at radius 3 is 2.33 bits per heavy atom. The van der Waals surface area contributed by atoms with E-state index in [-0.39, 0.29) is 0 Å². The summed E-state index contributed by atoms with van der Waals surface area (Å²) >= 11 is 0. The zero-order valence-electron chi connectivity index (χ0n) is 12.0. The van der Waals surface area contributed by atoms with Crippen molar-refractivity contribution in [2.45, 2.75) is 20.5 Å². The normalized spacial score (nSPS) is 10.6. The molecule has 0 fully saturated rings. The lowest BCUT2D eigenvalue weighted by molar-refractivity contribution is 0.306. The number of nitrogens with zero attached hydrogens (tertiary/aromatic N) is 2. The van der Waals surface area contributed by atoms with E-state index in [4.69, 9.17) is 9.15 Å². The van der Waals surface area contributed by atoms with Crippen molar-refractivity contribution in [2.75, 3.05) is 0 Å². The first kappa shape index (κ1) is 13.4. The highest BCUT2D eigenvalue weighted by Crippen LogP contribution is 2.21. The summed E-state index contributed by atoms with van der Waals surface area (Å²) < 4.78 is 11.0. The smallest absolute Gasteiger partial charge is 0.247 e. The molecule has 0 saturated carbocycles. The average molecular weight is 280 g/mol. The molecule has 0 spiro atoms. The number of ether oxygens (including phenoxy) is 1. The van der Waals surface area contributed by atoms with Gasteiger partial charge in [-0.1, -0.05) is 29.3 Å². The second-order valence-corrected chi connectivity index (χ2v) is 5.05. The molecule has 0 unspecified atom stereocenters. The lowest BCUT2D eigenvalue weighted by Crippen LogP contribution is -1.96. The van der Waals surface area contributed by atoms with Crippen LogP contribution in [0.4, 0.5) is 0 Å². The summed E-state index contributed by atoms with van der Waals surface area (Å²) in [5.74, 6) is 1.33. The summed E-state index contributed by atoms with van der Waals surface area (Å²) in [5.41, 5.74) is 4.56. The van der Waals surface area contributed by atoms with E-state index in [0.717, 1.165) is 11.3 Å². The van der Waals surface area contributed by atoms with Crippen molar-refractivity contribution in [2.24, 2.45) is 0 Å². The molecule has 3 aromatic rings. The van der Waals surface area contributed by atoms with Crippen LogP contribution in [0.3, 0.4) is 0 Å². The Hall–Kier alpha value is -2.62. The lowest BCUT2D eigenvalue weighted by Gasteiger charge is -2.08. The van der Waals surface area contributed by atoms with Gasteiger partial charge in [0.15, 0.2) is 0 Å². The number of hydrogen-bond acceptors (Lipinski definition) is 4. The predicted molar refractivity (Wildman–Crippen MR) is 80.0 cm³/mol. The van der Waals surface area contributed by atoms with Crippen molar-refractivity contribution in [3.8, 4) is 17.2 Å². The van der Waals surface area contributed by atoms with Crippen molar-refractivity contribution in [3.63, 3.8) is 0 Å². The maximum atomic E-state index is 5.81. The molecule has 106 valence electrons. The molecule has 0 atom stereocenters. The van der Waals surface area contributed by atoms with Gasteiger partial charge in [-0.05, 0) is 43.7 Å². The van der Waals surface area contributed by atoms with E-state index in [0.29, 0.717) is 12.5 Å². The van der Waals surface area contributed by atoms with E-state index in [1.165, 1.54) is 23.1 Å². The van der Waals surface area contributed by atoms with Crippen molar-refractivity contribution < 1.29 is 9.15 Å². The lowest BCUT2D eigenvalue weighted by atomic mass is 10.1. The zero-order chi connectivity index (χ0) is 14.7. The summed E-state index contributed by atoms with van der Waals surface area (Å²) in [6, 6.07) is 14.1. The first-order valence-corrected chi connectivity index (χ1v) is 6.77. The largest absolute Gasteiger partial charge is 0.489 e. The maximum absolute atomic E-state index is 5.81. The molecule has 0 saturated heterocycles. The van der Waals surface area contributed by atoms with Gasteiger partial charge in [0.1, 0.15) is 12.4 Å². The quantitative estimate of drug-likeness (QED) is 0.726. The van der Waals surface area contributed by atoms with Crippen LogP contribution in [0.25, 0.3) is 11.5 Å². The molecule has 2 aromatic carbocycles. The molecule has 0 aliphatic heterocycles. The molecule has 0 radical (unpaired) electrons. The Morgan fingerprint density at radius 1 is 1.00 bits per heavy atom. The predicted octanol–water partition coefficient (Wildman–Crippen LogP) is 3.93. The average Bonchev–Trinajstić information content (AvgIpc) is 2.99. The van der Waals surface area contributed by atoms with Gasteiger partial charge < -0.3 is 9.15 Å². The van der Waals surface area contributed by atoms with Crippen LogP contribution in [0.2, 0.25) is 0 Å². The molecule has 3 rings (SSSR count). The fraction of sp³-hybridized carbons (Fsp3) is 0.176. The highest BCUT2D eigenvalue weighted by molar-refractivity contribution is 5.53. The Labute approximate surface area is 123 Å². The molecule has 0 aliphatic carbocycles. The van der Waals surface area contributed by atoms with Gasteiger partial charge in [-0.15, -0.1) is 10.2 Å². The van der Waals surface area contributed by atoms with Gasteiger partial charge >= 0.3 is 0 Å². The van der Waals surface area contributed by atoms with Gasteiger partial charge in [-0.3, -0.25) is 0 Å². The molecule has 0 amide bonds. The fourth-order valence-corrected chi connectivity index (χ4v) is 2.31. The van der Waals surface area contributed by atoms with E-state index in [1.807, 2.05) is 24.3 Å². The van der Waals surface area contributed by atoms with Crippen LogP contribution < -0.4 is 4.74 Å². The number of aromatic nitrogens is 2. The number of rotatable bonds is 4. The summed E-state index contributed by atoms with van der Waals surface area (Å²) in [5, 5.41) is 7.54. The minimum absolute atomic E-state index is 0.510. The molecule has 0 N–H and O–H groups in total. The van der Waals surface area contributed by atoms with E-state index in [1.54, 1.807) is 0 Å². The number of benzene rings is 2. The van der Waals surface area contributed by atoms with E-state index >= 15 is 0 Å². The van der Waals surface area contributed by atoms with Crippen molar-refractivity contribution in [3.05, 3.63) is 65.5 Å². The molecule has 21 heavy (non-hydrogen) atoms. The third-order valence-corrected chi connectivity index (χ3v) is 3.15.